The molecule has 1 heterocycles. The van der Waals surface area contributed by atoms with E-state index >= 15 is 0 Å². The minimum Gasteiger partial charge on any atom is -0.316 e. The van der Waals surface area contributed by atoms with Gasteiger partial charge < -0.3 is 4.98 Å². The molecule has 0 aliphatic rings. The summed E-state index contributed by atoms with van der Waals surface area (Å²) in [6.45, 7) is 0. The van der Waals surface area contributed by atoms with Gasteiger partial charge in [0.1, 0.15) is 0 Å². The topological polar surface area (TPSA) is 32.9 Å². The van der Waals surface area contributed by atoms with Gasteiger partial charge in [0.05, 0.1) is 9.08 Å². The van der Waals surface area contributed by atoms with Crippen LogP contribution in [0.2, 0.25) is 0 Å². The SMILES string of the molecule is O=c1[nH]c(Br)cc(C(F)F)c1Br. The maximum absolute atomic E-state index is 12.2. The highest BCUT2D eigenvalue weighted by molar-refractivity contribution is 9.11. The molecule has 0 amide bonds. The van der Waals surface area contributed by atoms with Crippen molar-refractivity contribution in [3.8, 4) is 0 Å². The van der Waals surface area contributed by atoms with Crippen molar-refractivity contribution in [3.63, 3.8) is 0 Å². The molecule has 0 aromatic carbocycles. The maximum atomic E-state index is 12.2. The summed E-state index contributed by atoms with van der Waals surface area (Å²) in [4.78, 5) is 13.2. The van der Waals surface area contributed by atoms with Crippen LogP contribution in [-0.2, 0) is 0 Å². The Morgan fingerprint density at radius 3 is 2.50 bits per heavy atom. The summed E-state index contributed by atoms with van der Waals surface area (Å²) in [6.07, 6.45) is -2.65. The van der Waals surface area contributed by atoms with Crippen molar-refractivity contribution in [1.29, 1.82) is 0 Å². The smallest absolute Gasteiger partial charge is 0.265 e. The molecule has 0 aliphatic carbocycles. The highest BCUT2D eigenvalue weighted by atomic mass is 79.9. The summed E-state index contributed by atoms with van der Waals surface area (Å²) in [5.41, 5.74) is -0.884. The number of hydrogen-bond donors (Lipinski definition) is 1. The van der Waals surface area contributed by atoms with Gasteiger partial charge in [-0.2, -0.15) is 0 Å². The van der Waals surface area contributed by atoms with Crippen LogP contribution < -0.4 is 5.56 Å². The molecule has 1 rings (SSSR count). The van der Waals surface area contributed by atoms with Crippen LogP contribution in [0.1, 0.15) is 12.0 Å². The minimum absolute atomic E-state index is 0.124. The van der Waals surface area contributed by atoms with E-state index in [0.29, 0.717) is 0 Å². The number of H-pyrrole nitrogens is 1. The lowest BCUT2D eigenvalue weighted by Gasteiger charge is -2.01. The van der Waals surface area contributed by atoms with Crippen molar-refractivity contribution in [2.45, 2.75) is 6.43 Å². The third kappa shape index (κ3) is 1.92. The fraction of sp³-hybridized carbons (Fsp3) is 0.167. The van der Waals surface area contributed by atoms with Gasteiger partial charge in [-0.25, -0.2) is 8.78 Å². The second kappa shape index (κ2) is 3.66. The summed E-state index contributed by atoms with van der Waals surface area (Å²) >= 11 is 5.68. The molecule has 0 saturated carbocycles. The Labute approximate surface area is 83.2 Å². The van der Waals surface area contributed by atoms with E-state index in [2.05, 4.69) is 36.8 Å². The zero-order valence-corrected chi connectivity index (χ0v) is 8.75. The molecule has 0 radical (unpaired) electrons. The molecule has 0 unspecified atom stereocenters. The van der Waals surface area contributed by atoms with Gasteiger partial charge in [0.2, 0.25) is 0 Å². The van der Waals surface area contributed by atoms with Gasteiger partial charge in [0, 0.05) is 5.56 Å². The first-order chi connectivity index (χ1) is 5.52. The lowest BCUT2D eigenvalue weighted by molar-refractivity contribution is 0.150. The van der Waals surface area contributed by atoms with E-state index < -0.39 is 12.0 Å². The molecule has 0 spiro atoms. The van der Waals surface area contributed by atoms with E-state index in [0.717, 1.165) is 6.07 Å². The summed E-state index contributed by atoms with van der Waals surface area (Å²) in [6, 6.07) is 1.16. The van der Waals surface area contributed by atoms with E-state index in [1.807, 2.05) is 0 Å². The van der Waals surface area contributed by atoms with Crippen LogP contribution in [0.15, 0.2) is 19.9 Å². The Balaban J connectivity index is 3.38. The second-order valence-electron chi connectivity index (χ2n) is 2.02. The van der Waals surface area contributed by atoms with Crippen molar-refractivity contribution in [1.82, 2.24) is 4.98 Å². The normalized spacial score (nSPS) is 10.8. The van der Waals surface area contributed by atoms with E-state index in [4.69, 9.17) is 0 Å². The molecule has 12 heavy (non-hydrogen) atoms. The molecule has 2 nitrogen and oxygen atoms in total. The van der Waals surface area contributed by atoms with Crippen LogP contribution in [0, 0.1) is 0 Å². The van der Waals surface area contributed by atoms with Crippen molar-refractivity contribution >= 4 is 31.9 Å². The number of aromatic amines is 1. The van der Waals surface area contributed by atoms with E-state index in [1.54, 1.807) is 0 Å². The van der Waals surface area contributed by atoms with Gasteiger partial charge in [-0.1, -0.05) is 0 Å². The van der Waals surface area contributed by atoms with Gasteiger partial charge in [-0.3, -0.25) is 4.79 Å². The first-order valence-corrected chi connectivity index (χ1v) is 4.47. The quantitative estimate of drug-likeness (QED) is 0.795. The van der Waals surface area contributed by atoms with Crippen LogP contribution >= 0.6 is 31.9 Å². The lowest BCUT2D eigenvalue weighted by Crippen LogP contribution is -2.09. The largest absolute Gasteiger partial charge is 0.316 e. The summed E-state index contributed by atoms with van der Waals surface area (Å²) in [7, 11) is 0. The highest BCUT2D eigenvalue weighted by Crippen LogP contribution is 2.25. The maximum Gasteiger partial charge on any atom is 0.265 e. The molecule has 0 saturated heterocycles. The minimum atomic E-state index is -2.65. The first-order valence-electron chi connectivity index (χ1n) is 2.88. The fourth-order valence-electron chi connectivity index (χ4n) is 0.689. The molecule has 1 N–H and O–H groups in total. The molecule has 1 aromatic rings. The van der Waals surface area contributed by atoms with Gasteiger partial charge >= 0.3 is 0 Å². The summed E-state index contributed by atoms with van der Waals surface area (Å²) in [5.74, 6) is 0. The van der Waals surface area contributed by atoms with Crippen LogP contribution in [0.25, 0.3) is 0 Å². The molecule has 6 heteroatoms. The van der Waals surface area contributed by atoms with Crippen molar-refractivity contribution in [3.05, 3.63) is 31.1 Å². The average Bonchev–Trinajstić information content (AvgIpc) is 1.96. The van der Waals surface area contributed by atoms with E-state index in [1.165, 1.54) is 0 Å². The monoisotopic (exact) mass is 301 g/mol. The van der Waals surface area contributed by atoms with Crippen molar-refractivity contribution in [2.24, 2.45) is 0 Å². The number of alkyl halides is 2. The number of nitrogens with one attached hydrogen (secondary N) is 1. The number of aromatic nitrogens is 1. The molecular weight excluding hydrogens is 300 g/mol. The summed E-state index contributed by atoms with van der Waals surface area (Å²) < 4.78 is 24.5. The predicted octanol–water partition coefficient (Wildman–Crippen LogP) is 2.84. The Morgan fingerprint density at radius 2 is 2.00 bits per heavy atom. The Kier molecular flexibility index (Phi) is 3.00. The molecule has 0 aliphatic heterocycles. The molecule has 1 aromatic heterocycles. The zero-order chi connectivity index (χ0) is 9.30. The highest BCUT2D eigenvalue weighted by Gasteiger charge is 2.14. The molecule has 66 valence electrons. The van der Waals surface area contributed by atoms with Crippen LogP contribution in [0.3, 0.4) is 0 Å². The van der Waals surface area contributed by atoms with E-state index in [-0.39, 0.29) is 14.6 Å². The summed E-state index contributed by atoms with van der Waals surface area (Å²) in [5, 5.41) is 0. The second-order valence-corrected chi connectivity index (χ2v) is 3.66. The van der Waals surface area contributed by atoms with E-state index in [9.17, 15) is 13.6 Å². The Morgan fingerprint density at radius 1 is 1.42 bits per heavy atom. The lowest BCUT2D eigenvalue weighted by atomic mass is 10.3. The van der Waals surface area contributed by atoms with Crippen molar-refractivity contribution < 1.29 is 8.78 Å². The van der Waals surface area contributed by atoms with Crippen molar-refractivity contribution in [2.75, 3.05) is 0 Å². The third-order valence-corrected chi connectivity index (χ3v) is 2.45. The molecule has 0 bridgehead atoms. The van der Waals surface area contributed by atoms with Crippen LogP contribution in [0.4, 0.5) is 8.78 Å². The van der Waals surface area contributed by atoms with Gasteiger partial charge in [0.25, 0.3) is 12.0 Å². The first kappa shape index (κ1) is 9.85. The number of halogens is 4. The molecular formula is C6H3Br2F2NO. The Bertz CT molecular complexity index is 350. The van der Waals surface area contributed by atoms with Crippen LogP contribution in [0.5, 0.6) is 0 Å². The van der Waals surface area contributed by atoms with Gasteiger partial charge in [0.15, 0.2) is 0 Å². The predicted molar refractivity (Wildman–Crippen MR) is 47.4 cm³/mol. The molecule has 0 fully saturated rings. The van der Waals surface area contributed by atoms with Gasteiger partial charge in [-0.15, -0.1) is 0 Å². The number of pyridine rings is 1. The zero-order valence-electron chi connectivity index (χ0n) is 5.57. The average molecular weight is 303 g/mol. The number of rotatable bonds is 1. The van der Waals surface area contributed by atoms with Gasteiger partial charge in [-0.05, 0) is 37.9 Å². The van der Waals surface area contributed by atoms with Crippen LogP contribution in [-0.4, -0.2) is 4.98 Å². The number of hydrogen-bond acceptors (Lipinski definition) is 1. The third-order valence-electron chi connectivity index (χ3n) is 1.20. The Hall–Kier alpha value is -0.230. The fourth-order valence-corrected chi connectivity index (χ4v) is 1.50. The molecule has 0 atom stereocenters. The standard InChI is InChI=1S/C6H3Br2F2NO/c7-3-1-2(5(9)10)4(8)6(12)11-3/h1,5H,(H,11,12).